The number of nitrogens with zero attached hydrogens (tertiary/aromatic N) is 4. The summed E-state index contributed by atoms with van der Waals surface area (Å²) in [6.45, 7) is 5.89. The Kier molecular flexibility index (Phi) is 5.18. The van der Waals surface area contributed by atoms with Gasteiger partial charge in [-0.3, -0.25) is 0 Å². The van der Waals surface area contributed by atoms with E-state index >= 15 is 0 Å². The van der Waals surface area contributed by atoms with E-state index in [0.29, 0.717) is 12.0 Å². The summed E-state index contributed by atoms with van der Waals surface area (Å²) < 4.78 is 0. The van der Waals surface area contributed by atoms with Gasteiger partial charge in [0, 0.05) is 19.1 Å². The molecule has 0 atom stereocenters. The van der Waals surface area contributed by atoms with Gasteiger partial charge in [0.2, 0.25) is 16.5 Å². The molecule has 0 aliphatic heterocycles. The van der Waals surface area contributed by atoms with E-state index in [1.165, 1.54) is 0 Å². The van der Waals surface area contributed by atoms with Crippen molar-refractivity contribution < 1.29 is 0 Å². The van der Waals surface area contributed by atoms with Crippen LogP contribution in [0.2, 0.25) is 10.6 Å². The standard InChI is InChI=1S/C9H15Cl2N5/c1-6(2)16(3)5-4-12-9-14-7(10)13-8(11)15-9/h6H,4-5H2,1-3H3,(H,12,13,14,15). The van der Waals surface area contributed by atoms with Crippen molar-refractivity contribution in [3.8, 4) is 0 Å². The van der Waals surface area contributed by atoms with E-state index in [2.05, 4.69) is 46.1 Å². The quantitative estimate of drug-likeness (QED) is 0.880. The molecule has 1 aromatic rings. The molecule has 90 valence electrons. The van der Waals surface area contributed by atoms with Crippen LogP contribution in [-0.4, -0.2) is 46.0 Å². The molecular formula is C9H15Cl2N5. The van der Waals surface area contributed by atoms with Gasteiger partial charge in [-0.15, -0.1) is 0 Å². The fourth-order valence-corrected chi connectivity index (χ4v) is 1.37. The fourth-order valence-electron chi connectivity index (χ4n) is 1.01. The Labute approximate surface area is 105 Å². The van der Waals surface area contributed by atoms with Crippen LogP contribution in [0, 0.1) is 0 Å². The molecule has 0 spiro atoms. The van der Waals surface area contributed by atoms with Crippen LogP contribution in [0.4, 0.5) is 5.95 Å². The molecule has 1 aromatic heterocycles. The smallest absolute Gasteiger partial charge is 0.228 e. The third-order valence-corrected chi connectivity index (χ3v) is 2.55. The van der Waals surface area contributed by atoms with Crippen LogP contribution < -0.4 is 5.32 Å². The molecule has 0 bridgehead atoms. The van der Waals surface area contributed by atoms with Gasteiger partial charge in [0.1, 0.15) is 0 Å². The van der Waals surface area contributed by atoms with Gasteiger partial charge in [-0.25, -0.2) is 0 Å². The minimum Gasteiger partial charge on any atom is -0.353 e. The van der Waals surface area contributed by atoms with Crippen molar-refractivity contribution in [1.82, 2.24) is 19.9 Å². The minimum absolute atomic E-state index is 0.0970. The molecule has 0 aliphatic carbocycles. The van der Waals surface area contributed by atoms with Crippen molar-refractivity contribution in [2.45, 2.75) is 19.9 Å². The monoisotopic (exact) mass is 263 g/mol. The largest absolute Gasteiger partial charge is 0.353 e. The highest BCUT2D eigenvalue weighted by Gasteiger charge is 2.04. The molecule has 1 N–H and O–H groups in total. The first-order chi connectivity index (χ1) is 7.49. The molecule has 0 unspecified atom stereocenters. The van der Waals surface area contributed by atoms with Crippen LogP contribution in [0.1, 0.15) is 13.8 Å². The van der Waals surface area contributed by atoms with E-state index in [-0.39, 0.29) is 10.6 Å². The number of aromatic nitrogens is 3. The topological polar surface area (TPSA) is 53.9 Å². The summed E-state index contributed by atoms with van der Waals surface area (Å²) in [5, 5.41) is 3.23. The maximum Gasteiger partial charge on any atom is 0.228 e. The van der Waals surface area contributed by atoms with Gasteiger partial charge in [0.25, 0.3) is 0 Å². The zero-order valence-corrected chi connectivity index (χ0v) is 11.0. The number of nitrogens with one attached hydrogen (secondary N) is 1. The maximum atomic E-state index is 5.64. The molecule has 5 nitrogen and oxygen atoms in total. The number of anilines is 1. The van der Waals surface area contributed by atoms with Crippen LogP contribution in [-0.2, 0) is 0 Å². The molecule has 0 radical (unpaired) electrons. The average Bonchev–Trinajstić information content (AvgIpc) is 2.15. The fraction of sp³-hybridized carbons (Fsp3) is 0.667. The number of halogens is 2. The van der Waals surface area contributed by atoms with Gasteiger partial charge in [-0.2, -0.15) is 15.0 Å². The lowest BCUT2D eigenvalue weighted by Crippen LogP contribution is -2.31. The zero-order chi connectivity index (χ0) is 12.1. The first-order valence-electron chi connectivity index (χ1n) is 5.00. The molecule has 0 fully saturated rings. The molecule has 0 amide bonds. The molecule has 0 aliphatic rings. The van der Waals surface area contributed by atoms with Crippen molar-refractivity contribution in [3.63, 3.8) is 0 Å². The summed E-state index contributed by atoms with van der Waals surface area (Å²) in [5.41, 5.74) is 0. The van der Waals surface area contributed by atoms with Crippen molar-refractivity contribution in [1.29, 1.82) is 0 Å². The highest BCUT2D eigenvalue weighted by Crippen LogP contribution is 2.09. The maximum absolute atomic E-state index is 5.64. The molecule has 1 heterocycles. The van der Waals surface area contributed by atoms with E-state index < -0.39 is 0 Å². The summed E-state index contributed by atoms with van der Waals surface area (Å²) in [4.78, 5) is 13.7. The molecule has 7 heteroatoms. The molecule has 0 aromatic carbocycles. The summed E-state index contributed by atoms with van der Waals surface area (Å²) in [7, 11) is 2.06. The molecule has 1 rings (SSSR count). The first kappa shape index (κ1) is 13.4. The number of hydrogen-bond donors (Lipinski definition) is 1. The van der Waals surface area contributed by atoms with Crippen molar-refractivity contribution in [3.05, 3.63) is 10.6 Å². The second-order valence-corrected chi connectivity index (χ2v) is 4.37. The van der Waals surface area contributed by atoms with Crippen molar-refractivity contribution in [2.75, 3.05) is 25.5 Å². The van der Waals surface area contributed by atoms with Crippen LogP contribution in [0.15, 0.2) is 0 Å². The average molecular weight is 264 g/mol. The second-order valence-electron chi connectivity index (χ2n) is 3.70. The number of rotatable bonds is 5. The Morgan fingerprint density at radius 2 is 1.75 bits per heavy atom. The van der Waals surface area contributed by atoms with E-state index in [9.17, 15) is 0 Å². The van der Waals surface area contributed by atoms with Gasteiger partial charge >= 0.3 is 0 Å². The van der Waals surface area contributed by atoms with E-state index in [1.54, 1.807) is 0 Å². The zero-order valence-electron chi connectivity index (χ0n) is 9.54. The van der Waals surface area contributed by atoms with E-state index in [0.717, 1.165) is 13.1 Å². The Morgan fingerprint density at radius 3 is 2.25 bits per heavy atom. The van der Waals surface area contributed by atoms with Gasteiger partial charge in [-0.05, 0) is 44.1 Å². The lowest BCUT2D eigenvalue weighted by atomic mass is 10.3. The summed E-state index contributed by atoms with van der Waals surface area (Å²) in [6, 6.07) is 0.507. The van der Waals surface area contributed by atoms with Crippen molar-refractivity contribution >= 4 is 29.2 Å². The third-order valence-electron chi connectivity index (χ3n) is 2.21. The Hall–Kier alpha value is -0.650. The third kappa shape index (κ3) is 4.47. The number of hydrogen-bond acceptors (Lipinski definition) is 5. The van der Waals surface area contributed by atoms with Gasteiger partial charge in [0.15, 0.2) is 0 Å². The molecule has 0 saturated carbocycles. The Bertz CT molecular complexity index is 324. The molecular weight excluding hydrogens is 249 g/mol. The highest BCUT2D eigenvalue weighted by molar-refractivity contribution is 6.31. The minimum atomic E-state index is 0.0970. The summed E-state index contributed by atoms with van der Waals surface area (Å²) in [5.74, 6) is 0.405. The highest BCUT2D eigenvalue weighted by atomic mass is 35.5. The van der Waals surface area contributed by atoms with Crippen LogP contribution in [0.5, 0.6) is 0 Å². The Morgan fingerprint density at radius 1 is 1.19 bits per heavy atom. The predicted octanol–water partition coefficient (Wildman–Crippen LogP) is 1.93. The van der Waals surface area contributed by atoms with Crippen molar-refractivity contribution in [2.24, 2.45) is 0 Å². The summed E-state index contributed by atoms with van der Waals surface area (Å²) in [6.07, 6.45) is 0. The molecule has 0 saturated heterocycles. The SMILES string of the molecule is CC(C)N(C)CCNc1nc(Cl)nc(Cl)n1. The van der Waals surface area contributed by atoms with Crippen LogP contribution in [0.3, 0.4) is 0 Å². The lowest BCUT2D eigenvalue weighted by molar-refractivity contribution is 0.284. The van der Waals surface area contributed by atoms with Gasteiger partial charge < -0.3 is 10.2 Å². The van der Waals surface area contributed by atoms with E-state index in [4.69, 9.17) is 23.2 Å². The Balaban J connectivity index is 2.43. The summed E-state index contributed by atoms with van der Waals surface area (Å²) >= 11 is 11.3. The molecule has 16 heavy (non-hydrogen) atoms. The van der Waals surface area contributed by atoms with Crippen LogP contribution >= 0.6 is 23.2 Å². The normalized spacial score (nSPS) is 11.2. The van der Waals surface area contributed by atoms with Gasteiger partial charge in [0.05, 0.1) is 0 Å². The first-order valence-corrected chi connectivity index (χ1v) is 5.76. The lowest BCUT2D eigenvalue weighted by Gasteiger charge is -2.20. The number of likely N-dealkylation sites (N-methyl/N-ethyl adjacent to an activating group) is 1. The van der Waals surface area contributed by atoms with Gasteiger partial charge in [-0.1, -0.05) is 0 Å². The second kappa shape index (κ2) is 6.18. The predicted molar refractivity (Wildman–Crippen MR) is 66.1 cm³/mol. The van der Waals surface area contributed by atoms with E-state index in [1.807, 2.05) is 0 Å². The van der Waals surface area contributed by atoms with Crippen LogP contribution in [0.25, 0.3) is 0 Å².